The van der Waals surface area contributed by atoms with Crippen molar-refractivity contribution in [1.29, 1.82) is 0 Å². The monoisotopic (exact) mass is 493 g/mol. The van der Waals surface area contributed by atoms with E-state index >= 15 is 0 Å². The highest BCUT2D eigenvalue weighted by molar-refractivity contribution is 9.10. The fraction of sp³-hybridized carbons (Fsp3) is 0.333. The molecule has 1 saturated heterocycles. The fourth-order valence-corrected chi connectivity index (χ4v) is 4.82. The molecule has 1 spiro atoms. The van der Waals surface area contributed by atoms with Crippen LogP contribution in [0.15, 0.2) is 40.9 Å². The highest BCUT2D eigenvalue weighted by Gasteiger charge is 2.60. The molecule has 0 aromatic heterocycles. The van der Waals surface area contributed by atoms with E-state index in [9.17, 15) is 14.7 Å². The van der Waals surface area contributed by atoms with Gasteiger partial charge >= 0.3 is 0 Å². The molecule has 2 heterocycles. The summed E-state index contributed by atoms with van der Waals surface area (Å²) in [6.45, 7) is 1.64. The minimum Gasteiger partial charge on any atom is -0.495 e. The summed E-state index contributed by atoms with van der Waals surface area (Å²) in [4.78, 5) is 26.6. The third-order valence-electron chi connectivity index (χ3n) is 5.76. The van der Waals surface area contributed by atoms with E-state index in [-0.39, 0.29) is 18.2 Å². The van der Waals surface area contributed by atoms with Gasteiger partial charge in [-0.25, -0.2) is 0 Å². The minimum atomic E-state index is -1.29. The second-order valence-electron chi connectivity index (χ2n) is 7.57. The second kappa shape index (κ2) is 7.85. The normalized spacial score (nSPS) is 25.7. The highest BCUT2D eigenvalue weighted by atomic mass is 79.9. The molecular weight excluding hydrogens is 474 g/mol. The molecule has 1 fully saturated rings. The highest BCUT2D eigenvalue weighted by Crippen LogP contribution is 2.48. The van der Waals surface area contributed by atoms with Gasteiger partial charge in [0.15, 0.2) is 0 Å². The van der Waals surface area contributed by atoms with Crippen LogP contribution >= 0.6 is 27.5 Å². The Morgan fingerprint density at radius 1 is 1.37 bits per heavy atom. The van der Waals surface area contributed by atoms with Crippen LogP contribution in [-0.4, -0.2) is 36.2 Å². The largest absolute Gasteiger partial charge is 0.495 e. The van der Waals surface area contributed by atoms with E-state index in [0.717, 1.165) is 4.47 Å². The Labute approximate surface area is 187 Å². The average molecular weight is 495 g/mol. The standard InChI is InChI=1S/C21H21BrClN3O4/c1-10(27)16-9-14(19(28)24-17-8-12(23)4-6-18(17)30-2)21(26-16)13-7-11(22)3-5-15(13)25-20(21)29/h3-8,10,14,16,26-27H,9H2,1-2H3,(H,24,28)(H,25,29)/t10-,14+,16-,21-/m0/s1. The number of aliphatic hydroxyl groups is 1. The SMILES string of the molecule is COc1ccc(Cl)cc1NC(=O)[C@H]1C[C@@H]([C@H](C)O)N[C@]12C(=O)Nc1ccc(Br)cc12. The van der Waals surface area contributed by atoms with Crippen molar-refractivity contribution in [2.24, 2.45) is 5.92 Å². The number of nitrogens with one attached hydrogen (secondary N) is 3. The third kappa shape index (κ3) is 3.37. The summed E-state index contributed by atoms with van der Waals surface area (Å²) in [5.74, 6) is -0.999. The van der Waals surface area contributed by atoms with Crippen molar-refractivity contribution in [2.45, 2.75) is 31.0 Å². The van der Waals surface area contributed by atoms with Crippen molar-refractivity contribution in [3.63, 3.8) is 0 Å². The summed E-state index contributed by atoms with van der Waals surface area (Å²) in [6.07, 6.45) is -0.462. The molecule has 0 saturated carbocycles. The van der Waals surface area contributed by atoms with E-state index in [2.05, 4.69) is 31.9 Å². The summed E-state index contributed by atoms with van der Waals surface area (Å²) in [5, 5.41) is 19.6. The molecule has 0 bridgehead atoms. The number of methoxy groups -OCH3 is 1. The van der Waals surface area contributed by atoms with Crippen LogP contribution in [-0.2, 0) is 15.1 Å². The van der Waals surface area contributed by atoms with Gasteiger partial charge in [-0.1, -0.05) is 27.5 Å². The molecule has 0 aliphatic carbocycles. The van der Waals surface area contributed by atoms with E-state index in [0.29, 0.717) is 27.7 Å². The number of hydrogen-bond acceptors (Lipinski definition) is 5. The number of amides is 2. The van der Waals surface area contributed by atoms with Gasteiger partial charge in [0, 0.05) is 26.8 Å². The summed E-state index contributed by atoms with van der Waals surface area (Å²) in [5.41, 5.74) is 0.429. The Hall–Kier alpha value is -2.13. The van der Waals surface area contributed by atoms with Crippen LogP contribution in [0.3, 0.4) is 0 Å². The zero-order valence-electron chi connectivity index (χ0n) is 16.3. The number of hydrogen-bond donors (Lipinski definition) is 4. The molecule has 2 aromatic carbocycles. The van der Waals surface area contributed by atoms with Crippen molar-refractivity contribution in [2.75, 3.05) is 17.7 Å². The molecule has 2 aromatic rings. The smallest absolute Gasteiger partial charge is 0.250 e. The number of rotatable bonds is 4. The van der Waals surface area contributed by atoms with Crippen LogP contribution in [0.1, 0.15) is 18.9 Å². The number of ether oxygens (including phenoxy) is 1. The molecule has 4 N–H and O–H groups in total. The van der Waals surface area contributed by atoms with Crippen molar-refractivity contribution in [3.05, 3.63) is 51.5 Å². The lowest BCUT2D eigenvalue weighted by molar-refractivity contribution is -0.130. The Balaban J connectivity index is 1.76. The number of carbonyl (C=O) groups excluding carboxylic acids is 2. The molecule has 2 aliphatic heterocycles. The third-order valence-corrected chi connectivity index (χ3v) is 6.48. The topological polar surface area (TPSA) is 99.7 Å². The van der Waals surface area contributed by atoms with Crippen LogP contribution in [0.2, 0.25) is 5.02 Å². The first-order valence-electron chi connectivity index (χ1n) is 9.48. The van der Waals surface area contributed by atoms with Gasteiger partial charge in [0.1, 0.15) is 11.3 Å². The van der Waals surface area contributed by atoms with Crippen LogP contribution in [0.4, 0.5) is 11.4 Å². The van der Waals surface area contributed by atoms with Gasteiger partial charge in [-0.15, -0.1) is 0 Å². The van der Waals surface area contributed by atoms with E-state index in [1.165, 1.54) is 7.11 Å². The molecule has 0 unspecified atom stereocenters. The molecule has 4 atom stereocenters. The summed E-state index contributed by atoms with van der Waals surface area (Å²) in [6, 6.07) is 9.93. The number of benzene rings is 2. The molecule has 30 heavy (non-hydrogen) atoms. The molecule has 158 valence electrons. The number of carbonyl (C=O) groups is 2. The van der Waals surface area contributed by atoms with Gasteiger partial charge < -0.3 is 20.5 Å². The molecular formula is C21H21BrClN3O4. The van der Waals surface area contributed by atoms with Crippen LogP contribution < -0.4 is 20.7 Å². The molecule has 2 aliphatic rings. The van der Waals surface area contributed by atoms with E-state index < -0.39 is 23.6 Å². The van der Waals surface area contributed by atoms with E-state index in [1.54, 1.807) is 31.2 Å². The Morgan fingerprint density at radius 3 is 2.83 bits per heavy atom. The Kier molecular flexibility index (Phi) is 5.52. The maximum Gasteiger partial charge on any atom is 0.250 e. The summed E-state index contributed by atoms with van der Waals surface area (Å²) >= 11 is 9.54. The maximum atomic E-state index is 13.4. The van der Waals surface area contributed by atoms with Gasteiger partial charge in [-0.3, -0.25) is 14.9 Å². The summed E-state index contributed by atoms with van der Waals surface area (Å²) in [7, 11) is 1.50. The fourth-order valence-electron chi connectivity index (χ4n) is 4.29. The lowest BCUT2D eigenvalue weighted by atomic mass is 9.79. The predicted octanol–water partition coefficient (Wildman–Crippen LogP) is 3.26. The van der Waals surface area contributed by atoms with Crippen molar-refractivity contribution in [3.8, 4) is 5.75 Å². The zero-order valence-corrected chi connectivity index (χ0v) is 18.7. The first-order valence-corrected chi connectivity index (χ1v) is 10.6. The van der Waals surface area contributed by atoms with Gasteiger partial charge in [-0.2, -0.15) is 0 Å². The Morgan fingerprint density at radius 2 is 2.13 bits per heavy atom. The van der Waals surface area contributed by atoms with Gasteiger partial charge in [0.25, 0.3) is 0 Å². The van der Waals surface area contributed by atoms with Crippen molar-refractivity contribution >= 4 is 50.7 Å². The number of fused-ring (bicyclic) bond motifs is 2. The maximum absolute atomic E-state index is 13.4. The molecule has 4 rings (SSSR count). The Bertz CT molecular complexity index is 1030. The van der Waals surface area contributed by atoms with Gasteiger partial charge in [0.05, 0.1) is 24.8 Å². The zero-order chi connectivity index (χ0) is 21.6. The number of halogens is 2. The lowest BCUT2D eigenvalue weighted by Crippen LogP contribution is -2.53. The van der Waals surface area contributed by atoms with Crippen molar-refractivity contribution in [1.82, 2.24) is 5.32 Å². The summed E-state index contributed by atoms with van der Waals surface area (Å²) < 4.78 is 6.11. The average Bonchev–Trinajstić information content (AvgIpc) is 3.23. The number of anilines is 2. The molecule has 9 heteroatoms. The van der Waals surface area contributed by atoms with Gasteiger partial charge in [-0.05, 0) is 49.7 Å². The first kappa shape index (κ1) is 21.1. The predicted molar refractivity (Wildman–Crippen MR) is 118 cm³/mol. The lowest BCUT2D eigenvalue weighted by Gasteiger charge is -2.29. The van der Waals surface area contributed by atoms with Crippen LogP contribution in [0.25, 0.3) is 0 Å². The molecule has 7 nitrogen and oxygen atoms in total. The molecule has 0 radical (unpaired) electrons. The van der Waals surface area contributed by atoms with Gasteiger partial charge in [0.2, 0.25) is 11.8 Å². The minimum absolute atomic E-state index is 0.283. The second-order valence-corrected chi connectivity index (χ2v) is 8.92. The van der Waals surface area contributed by atoms with E-state index in [1.807, 2.05) is 12.1 Å². The van der Waals surface area contributed by atoms with Crippen LogP contribution in [0, 0.1) is 5.92 Å². The first-order chi connectivity index (χ1) is 14.3. The van der Waals surface area contributed by atoms with Crippen LogP contribution in [0.5, 0.6) is 5.75 Å². The number of aliphatic hydroxyl groups excluding tert-OH is 1. The van der Waals surface area contributed by atoms with E-state index in [4.69, 9.17) is 16.3 Å². The molecule has 2 amide bonds. The van der Waals surface area contributed by atoms with Crippen molar-refractivity contribution < 1.29 is 19.4 Å². The quantitative estimate of drug-likeness (QED) is 0.523.